The second-order valence-corrected chi connectivity index (χ2v) is 6.05. The molecule has 126 valence electrons. The molecule has 2 heterocycles. The third-order valence-electron chi connectivity index (χ3n) is 3.29. The van der Waals surface area contributed by atoms with Crippen LogP contribution in [0.25, 0.3) is 0 Å². The van der Waals surface area contributed by atoms with Crippen LogP contribution in [0, 0.1) is 11.3 Å². The zero-order valence-corrected chi connectivity index (χ0v) is 14.6. The highest BCUT2D eigenvalue weighted by Gasteiger charge is 2.19. The van der Waals surface area contributed by atoms with Crippen molar-refractivity contribution in [1.82, 2.24) is 20.3 Å². The average molecular weight is 344 g/mol. The molecule has 0 spiro atoms. The lowest BCUT2D eigenvalue weighted by atomic mass is 10.1. The Morgan fingerprint density at radius 3 is 2.92 bits per heavy atom. The van der Waals surface area contributed by atoms with Gasteiger partial charge in [0.15, 0.2) is 0 Å². The van der Waals surface area contributed by atoms with E-state index in [0.29, 0.717) is 24.7 Å². The molecule has 2 aromatic heterocycles. The summed E-state index contributed by atoms with van der Waals surface area (Å²) in [5, 5.41) is 18.1. The van der Waals surface area contributed by atoms with E-state index in [0.717, 1.165) is 23.5 Å². The molecule has 0 saturated carbocycles. The van der Waals surface area contributed by atoms with Crippen molar-refractivity contribution >= 4 is 23.2 Å². The van der Waals surface area contributed by atoms with E-state index in [9.17, 15) is 10.1 Å². The van der Waals surface area contributed by atoms with E-state index in [1.165, 1.54) is 18.3 Å². The van der Waals surface area contributed by atoms with E-state index >= 15 is 0 Å². The summed E-state index contributed by atoms with van der Waals surface area (Å²) in [6.45, 7) is 4.76. The second kappa shape index (κ2) is 8.93. The summed E-state index contributed by atoms with van der Waals surface area (Å²) in [5.74, 6) is -0.0546. The van der Waals surface area contributed by atoms with Gasteiger partial charge in [0.25, 0.3) is 0 Å². The smallest absolute Gasteiger partial charge is 0.222 e. The number of carbonyl (C=O) groups excluding carboxylic acids is 1. The quantitative estimate of drug-likeness (QED) is 0.711. The lowest BCUT2D eigenvalue weighted by Gasteiger charge is -2.09. The first-order valence-electron chi connectivity index (χ1n) is 7.79. The summed E-state index contributed by atoms with van der Waals surface area (Å²) in [6.07, 6.45) is 3.25. The maximum atomic E-state index is 10.8. The van der Waals surface area contributed by atoms with Crippen molar-refractivity contribution in [1.29, 1.82) is 5.26 Å². The molecule has 7 nitrogen and oxygen atoms in total. The highest BCUT2D eigenvalue weighted by Crippen LogP contribution is 2.26. The van der Waals surface area contributed by atoms with E-state index in [-0.39, 0.29) is 5.91 Å². The van der Waals surface area contributed by atoms with Gasteiger partial charge in [-0.05, 0) is 18.9 Å². The van der Waals surface area contributed by atoms with Crippen LogP contribution in [0.2, 0.25) is 0 Å². The number of hydrogen-bond acceptors (Lipinski definition) is 7. The number of nitriles is 1. The van der Waals surface area contributed by atoms with Crippen molar-refractivity contribution in [2.75, 3.05) is 18.4 Å². The van der Waals surface area contributed by atoms with E-state index in [2.05, 4.69) is 31.7 Å². The zero-order chi connectivity index (χ0) is 17.4. The lowest BCUT2D eigenvalue weighted by Crippen LogP contribution is -2.23. The number of anilines is 1. The van der Waals surface area contributed by atoms with Gasteiger partial charge < -0.3 is 10.6 Å². The molecule has 1 amide bonds. The Hall–Kier alpha value is -2.53. The van der Waals surface area contributed by atoms with E-state index < -0.39 is 5.92 Å². The molecular formula is C16H20N6OS. The summed E-state index contributed by atoms with van der Waals surface area (Å²) in [4.78, 5) is 23.9. The molecule has 0 aliphatic rings. The first-order chi connectivity index (χ1) is 11.6. The summed E-state index contributed by atoms with van der Waals surface area (Å²) in [6, 6.07) is 4.01. The number of aryl methyl sites for hydroxylation is 1. The first-order valence-corrected chi connectivity index (χ1v) is 8.67. The lowest BCUT2D eigenvalue weighted by molar-refractivity contribution is -0.118. The summed E-state index contributed by atoms with van der Waals surface area (Å²) >= 11 is 1.48. The van der Waals surface area contributed by atoms with E-state index in [1.807, 2.05) is 12.3 Å². The largest absolute Gasteiger partial charge is 0.356 e. The van der Waals surface area contributed by atoms with Gasteiger partial charge in [0.1, 0.15) is 10.9 Å². The van der Waals surface area contributed by atoms with Crippen LogP contribution in [0.1, 0.15) is 42.6 Å². The van der Waals surface area contributed by atoms with Crippen LogP contribution < -0.4 is 10.6 Å². The number of carbonyl (C=O) groups is 1. The fourth-order valence-electron chi connectivity index (χ4n) is 2.04. The molecule has 0 fully saturated rings. The summed E-state index contributed by atoms with van der Waals surface area (Å²) in [5.41, 5.74) is 1.62. The van der Waals surface area contributed by atoms with Gasteiger partial charge in [0, 0.05) is 31.6 Å². The van der Waals surface area contributed by atoms with Crippen molar-refractivity contribution in [2.24, 2.45) is 0 Å². The van der Waals surface area contributed by atoms with Gasteiger partial charge in [0.05, 0.1) is 17.5 Å². The number of rotatable bonds is 8. The third kappa shape index (κ3) is 4.99. The van der Waals surface area contributed by atoms with E-state index in [1.54, 1.807) is 12.3 Å². The molecular weight excluding hydrogens is 324 g/mol. The number of amides is 1. The van der Waals surface area contributed by atoms with Crippen molar-refractivity contribution in [3.05, 3.63) is 34.0 Å². The molecule has 24 heavy (non-hydrogen) atoms. The molecule has 0 saturated heterocycles. The standard InChI is InChI=1S/C16H20N6OS/c1-3-12-10-24-15(21-12)13(9-17)14-5-8-20-16(22-14)19-7-4-6-18-11(2)23/h5,8,10,13H,3-4,6-7H2,1-2H3,(H,18,23)(H,19,20,22). The number of hydrogen-bond donors (Lipinski definition) is 2. The van der Waals surface area contributed by atoms with Crippen molar-refractivity contribution in [2.45, 2.75) is 32.6 Å². The maximum Gasteiger partial charge on any atom is 0.222 e. The normalized spacial score (nSPS) is 11.5. The van der Waals surface area contributed by atoms with Crippen LogP contribution in [-0.4, -0.2) is 33.9 Å². The fraction of sp³-hybridized carbons (Fsp3) is 0.438. The van der Waals surface area contributed by atoms with Gasteiger partial charge in [-0.25, -0.2) is 15.0 Å². The predicted molar refractivity (Wildman–Crippen MR) is 92.8 cm³/mol. The number of thiazole rings is 1. The van der Waals surface area contributed by atoms with Crippen LogP contribution in [0.15, 0.2) is 17.6 Å². The van der Waals surface area contributed by atoms with Crippen molar-refractivity contribution in [3.8, 4) is 6.07 Å². The molecule has 1 atom stereocenters. The zero-order valence-electron chi connectivity index (χ0n) is 13.7. The Morgan fingerprint density at radius 1 is 1.42 bits per heavy atom. The summed E-state index contributed by atoms with van der Waals surface area (Å²) in [7, 11) is 0. The fourth-order valence-corrected chi connectivity index (χ4v) is 2.99. The molecule has 0 bridgehead atoms. The first kappa shape index (κ1) is 17.8. The minimum absolute atomic E-state index is 0.0417. The predicted octanol–water partition coefficient (Wildman–Crippen LogP) is 2.09. The molecule has 2 rings (SSSR count). The van der Waals surface area contributed by atoms with Gasteiger partial charge in [-0.3, -0.25) is 4.79 Å². The van der Waals surface area contributed by atoms with Crippen LogP contribution in [0.5, 0.6) is 0 Å². The van der Waals surface area contributed by atoms with Crippen molar-refractivity contribution < 1.29 is 4.79 Å². The van der Waals surface area contributed by atoms with Gasteiger partial charge in [-0.1, -0.05) is 6.92 Å². The molecule has 0 aromatic carbocycles. The molecule has 2 N–H and O–H groups in total. The van der Waals surface area contributed by atoms with Gasteiger partial charge in [-0.2, -0.15) is 5.26 Å². The average Bonchev–Trinajstić information content (AvgIpc) is 3.04. The highest BCUT2D eigenvalue weighted by molar-refractivity contribution is 7.09. The monoisotopic (exact) mass is 344 g/mol. The Morgan fingerprint density at radius 2 is 2.25 bits per heavy atom. The minimum atomic E-state index is -0.488. The van der Waals surface area contributed by atoms with Crippen LogP contribution in [-0.2, 0) is 11.2 Å². The minimum Gasteiger partial charge on any atom is -0.356 e. The molecule has 2 aromatic rings. The SMILES string of the molecule is CCc1csc(C(C#N)c2ccnc(NCCCNC(C)=O)n2)n1. The highest BCUT2D eigenvalue weighted by atomic mass is 32.1. The molecule has 0 aliphatic carbocycles. The van der Waals surface area contributed by atoms with Gasteiger partial charge in [0.2, 0.25) is 11.9 Å². The van der Waals surface area contributed by atoms with Gasteiger partial charge in [-0.15, -0.1) is 11.3 Å². The van der Waals surface area contributed by atoms with Crippen molar-refractivity contribution in [3.63, 3.8) is 0 Å². The van der Waals surface area contributed by atoms with Gasteiger partial charge >= 0.3 is 0 Å². The van der Waals surface area contributed by atoms with Crippen LogP contribution in [0.3, 0.4) is 0 Å². The third-order valence-corrected chi connectivity index (χ3v) is 4.25. The van der Waals surface area contributed by atoms with Crippen LogP contribution >= 0.6 is 11.3 Å². The topological polar surface area (TPSA) is 104 Å². The summed E-state index contributed by atoms with van der Waals surface area (Å²) < 4.78 is 0. The van der Waals surface area contributed by atoms with E-state index in [4.69, 9.17) is 0 Å². The number of nitrogens with zero attached hydrogens (tertiary/aromatic N) is 4. The molecule has 1 unspecified atom stereocenters. The van der Waals surface area contributed by atoms with Crippen LogP contribution in [0.4, 0.5) is 5.95 Å². The molecule has 0 aliphatic heterocycles. The number of nitrogens with one attached hydrogen (secondary N) is 2. The maximum absolute atomic E-state index is 10.8. The Labute approximate surface area is 145 Å². The number of aromatic nitrogens is 3. The Kier molecular flexibility index (Phi) is 6.63. The second-order valence-electron chi connectivity index (χ2n) is 5.16. The Balaban J connectivity index is 2.00. The molecule has 8 heteroatoms. The Bertz CT molecular complexity index is 723. The molecule has 0 radical (unpaired) electrons.